The van der Waals surface area contributed by atoms with Gasteiger partial charge in [0.25, 0.3) is 5.91 Å². The summed E-state index contributed by atoms with van der Waals surface area (Å²) in [4.78, 5) is 12.9. The van der Waals surface area contributed by atoms with Gasteiger partial charge in [-0.25, -0.2) is 0 Å². The van der Waals surface area contributed by atoms with Gasteiger partial charge in [0.2, 0.25) is 0 Å². The number of hydroxylamine groups is 3. The van der Waals surface area contributed by atoms with Gasteiger partial charge in [-0.2, -0.15) is 0 Å². The third-order valence-electron chi connectivity index (χ3n) is 5.73. The average molecular weight is 392 g/mol. The molecule has 1 aromatic rings. The highest BCUT2D eigenvalue weighted by atomic mass is 35.5. The first-order valence-electron chi connectivity index (χ1n) is 9.28. The van der Waals surface area contributed by atoms with Crippen molar-refractivity contribution in [2.45, 2.75) is 63.8 Å². The number of halogens is 1. The molecule has 0 saturated carbocycles. The fourth-order valence-electron chi connectivity index (χ4n) is 4.25. The van der Waals surface area contributed by atoms with E-state index in [1.54, 1.807) is 27.0 Å². The van der Waals surface area contributed by atoms with Crippen molar-refractivity contribution < 1.29 is 14.2 Å². The minimum atomic E-state index is -0.383. The zero-order valence-electron chi connectivity index (χ0n) is 15.9. The molecule has 2 aliphatic heterocycles. The van der Waals surface area contributed by atoms with Gasteiger partial charge in [-0.3, -0.25) is 4.79 Å². The van der Waals surface area contributed by atoms with Crippen LogP contribution in [0.3, 0.4) is 0 Å². The molecule has 2 saturated heterocycles. The molecular weight excluding hydrogens is 366 g/mol. The van der Waals surface area contributed by atoms with E-state index in [1.807, 2.05) is 0 Å². The molecule has 2 fully saturated rings. The quantitative estimate of drug-likeness (QED) is 0.357. The molecule has 2 unspecified atom stereocenters. The number of nitrogens with zero attached hydrogens (tertiary/aromatic N) is 1. The van der Waals surface area contributed by atoms with E-state index in [2.05, 4.69) is 17.2 Å². The predicted molar refractivity (Wildman–Crippen MR) is 106 cm³/mol. The van der Waals surface area contributed by atoms with Crippen molar-refractivity contribution in [3.63, 3.8) is 0 Å². The van der Waals surface area contributed by atoms with Crippen LogP contribution >= 0.6 is 11.6 Å². The van der Waals surface area contributed by atoms with Gasteiger partial charge >= 0.3 is 0 Å². The molecule has 7 heteroatoms. The van der Waals surface area contributed by atoms with E-state index in [4.69, 9.17) is 22.1 Å². The highest BCUT2D eigenvalue weighted by Crippen LogP contribution is 2.40. The van der Waals surface area contributed by atoms with Crippen molar-refractivity contribution in [1.82, 2.24) is 5.32 Å². The van der Waals surface area contributed by atoms with Gasteiger partial charge in [0.05, 0.1) is 35.4 Å². The second-order valence-electron chi connectivity index (χ2n) is 7.61. The molecule has 3 N–H and O–H groups in total. The van der Waals surface area contributed by atoms with Crippen LogP contribution in [0.5, 0.6) is 5.75 Å². The lowest BCUT2D eigenvalue weighted by Crippen LogP contribution is -2.57. The number of nitrogens with two attached hydrogens (primary N) is 1. The Bertz CT molecular complexity index is 784. The minimum Gasteiger partial charge on any atom is -0.633 e. The molecule has 0 spiro atoms. The number of hydrogen-bond acceptors (Lipinski definition) is 4. The van der Waals surface area contributed by atoms with E-state index in [0.29, 0.717) is 34.9 Å². The molecule has 1 aromatic carbocycles. The Morgan fingerprint density at radius 1 is 1.41 bits per heavy atom. The number of benzene rings is 1. The highest BCUT2D eigenvalue weighted by Gasteiger charge is 2.47. The number of amides is 1. The third-order valence-corrected chi connectivity index (χ3v) is 6.05. The standard InChI is InChI=1S/C20H26ClN3O3/c1-4-5-12(2)27-19-11-18(22)17(21)10-16(19)20(25)23-13-8-14-6-7-15(9-13)24(14,3)26/h10-15H,6-9,22H2,1-3H3,(H,23,25)/t12-,13?,14?,15?,24?/m0/s1. The van der Waals surface area contributed by atoms with Gasteiger partial charge in [0.15, 0.2) is 6.10 Å². The van der Waals surface area contributed by atoms with Crippen LogP contribution in [0.1, 0.15) is 49.9 Å². The number of carbonyl (C=O) groups is 1. The number of ether oxygens (including phenoxy) is 1. The van der Waals surface area contributed by atoms with Crippen LogP contribution in [0, 0.1) is 17.0 Å². The zero-order chi connectivity index (χ0) is 19.8. The van der Waals surface area contributed by atoms with Gasteiger partial charge in [0, 0.05) is 37.8 Å². The number of piperidine rings is 1. The summed E-state index contributed by atoms with van der Waals surface area (Å²) in [6, 6.07) is 3.17. The number of nitrogens with one attached hydrogen (secondary N) is 1. The number of rotatable bonds is 4. The molecule has 3 atom stereocenters. The molecule has 2 aliphatic rings. The summed E-state index contributed by atoms with van der Waals surface area (Å²) in [7, 11) is 1.75. The predicted octanol–water partition coefficient (Wildman–Crippen LogP) is 3.08. The van der Waals surface area contributed by atoms with E-state index in [0.717, 1.165) is 12.8 Å². The summed E-state index contributed by atoms with van der Waals surface area (Å²) in [5, 5.41) is 16.0. The van der Waals surface area contributed by atoms with Crippen molar-refractivity contribution in [3.8, 4) is 17.6 Å². The first-order chi connectivity index (χ1) is 12.7. The van der Waals surface area contributed by atoms with Crippen LogP contribution in [-0.4, -0.2) is 41.8 Å². The van der Waals surface area contributed by atoms with E-state index in [9.17, 15) is 10.0 Å². The maximum Gasteiger partial charge on any atom is 0.255 e. The molecule has 1 amide bonds. The highest BCUT2D eigenvalue weighted by molar-refractivity contribution is 6.33. The van der Waals surface area contributed by atoms with E-state index in [-0.39, 0.29) is 34.8 Å². The van der Waals surface area contributed by atoms with Gasteiger partial charge in [-0.15, -0.1) is 5.92 Å². The van der Waals surface area contributed by atoms with E-state index < -0.39 is 0 Å². The third kappa shape index (κ3) is 4.01. The number of carbonyl (C=O) groups excluding carboxylic acids is 1. The maximum absolute atomic E-state index is 12.9. The first kappa shape index (κ1) is 19.8. The Balaban J connectivity index is 1.78. The molecule has 0 aliphatic carbocycles. The van der Waals surface area contributed by atoms with Crippen LogP contribution in [0.25, 0.3) is 0 Å². The zero-order valence-corrected chi connectivity index (χ0v) is 16.7. The first-order valence-corrected chi connectivity index (χ1v) is 9.65. The molecule has 0 radical (unpaired) electrons. The topological polar surface area (TPSA) is 87.4 Å². The Kier molecular flexibility index (Phi) is 5.57. The lowest BCUT2D eigenvalue weighted by molar-refractivity contribution is -0.902. The summed E-state index contributed by atoms with van der Waals surface area (Å²) in [6.45, 7) is 3.53. The summed E-state index contributed by atoms with van der Waals surface area (Å²) in [6.07, 6.45) is 2.85. The smallest absolute Gasteiger partial charge is 0.255 e. The Hall–Kier alpha value is -1.94. The number of hydrogen-bond donors (Lipinski definition) is 2. The minimum absolute atomic E-state index is 0.0211. The molecule has 2 bridgehead atoms. The number of nitrogen functional groups attached to an aromatic ring is 1. The molecule has 3 rings (SSSR count). The normalized spacial score (nSPS) is 30.2. The molecule has 27 heavy (non-hydrogen) atoms. The summed E-state index contributed by atoms with van der Waals surface area (Å²) < 4.78 is 5.61. The van der Waals surface area contributed by atoms with Gasteiger partial charge < -0.3 is 25.6 Å². The van der Waals surface area contributed by atoms with Crippen LogP contribution in [0.4, 0.5) is 5.69 Å². The summed E-state index contributed by atoms with van der Waals surface area (Å²) in [5.41, 5.74) is 6.55. The molecule has 146 valence electrons. The fourth-order valence-corrected chi connectivity index (χ4v) is 4.41. The van der Waals surface area contributed by atoms with Crippen molar-refractivity contribution in [2.24, 2.45) is 0 Å². The van der Waals surface area contributed by atoms with Crippen molar-refractivity contribution >= 4 is 23.2 Å². The SMILES string of the molecule is CC#C[C@H](C)Oc1cc(N)c(Cl)cc1C(=O)NC1CC2CCC(C1)[N+]2(C)[O-]. The van der Waals surface area contributed by atoms with Crippen molar-refractivity contribution in [3.05, 3.63) is 27.9 Å². The second kappa shape index (κ2) is 7.59. The fraction of sp³-hybridized carbons (Fsp3) is 0.550. The largest absolute Gasteiger partial charge is 0.633 e. The summed E-state index contributed by atoms with van der Waals surface area (Å²) >= 11 is 6.13. The molecule has 6 nitrogen and oxygen atoms in total. The summed E-state index contributed by atoms with van der Waals surface area (Å²) in [5.74, 6) is 5.76. The molecular formula is C20H26ClN3O3. The van der Waals surface area contributed by atoms with Crippen molar-refractivity contribution in [1.29, 1.82) is 0 Å². The molecule has 0 aromatic heterocycles. The Morgan fingerprint density at radius 3 is 2.63 bits per heavy atom. The van der Waals surface area contributed by atoms with E-state index in [1.165, 1.54) is 6.07 Å². The van der Waals surface area contributed by atoms with Gasteiger partial charge in [0.1, 0.15) is 5.75 Å². The number of fused-ring (bicyclic) bond motifs is 2. The second-order valence-corrected chi connectivity index (χ2v) is 8.02. The maximum atomic E-state index is 12.9. The van der Waals surface area contributed by atoms with Crippen LogP contribution in [-0.2, 0) is 0 Å². The Morgan fingerprint density at radius 2 is 2.04 bits per heavy atom. The number of anilines is 1. The molecule has 2 heterocycles. The average Bonchev–Trinajstić information content (AvgIpc) is 2.75. The van der Waals surface area contributed by atoms with Crippen LogP contribution in [0.15, 0.2) is 12.1 Å². The van der Waals surface area contributed by atoms with Gasteiger partial charge in [-0.1, -0.05) is 17.5 Å². The van der Waals surface area contributed by atoms with Crippen LogP contribution in [0.2, 0.25) is 5.02 Å². The van der Waals surface area contributed by atoms with Crippen molar-refractivity contribution in [2.75, 3.05) is 12.8 Å². The Labute approximate surface area is 165 Å². The lowest BCUT2D eigenvalue weighted by atomic mass is 9.97. The number of quaternary nitrogens is 1. The lowest BCUT2D eigenvalue weighted by Gasteiger charge is -2.50. The van der Waals surface area contributed by atoms with E-state index >= 15 is 0 Å². The van der Waals surface area contributed by atoms with Gasteiger partial charge in [-0.05, 0) is 19.9 Å². The monoisotopic (exact) mass is 391 g/mol. The van der Waals surface area contributed by atoms with Crippen LogP contribution < -0.4 is 15.8 Å².